The molecule has 3 heteroatoms. The van der Waals surface area contributed by atoms with Gasteiger partial charge < -0.3 is 10.4 Å². The SMILES string of the molecule is CCC(c1ccc(O)cc1)N(C)CC1CCCNC1. The first-order chi connectivity index (χ1) is 9.20. The van der Waals surface area contributed by atoms with Crippen LogP contribution in [0, 0.1) is 5.92 Å². The minimum Gasteiger partial charge on any atom is -0.508 e. The zero-order valence-corrected chi connectivity index (χ0v) is 12.1. The van der Waals surface area contributed by atoms with E-state index in [9.17, 15) is 5.11 Å². The molecule has 0 aliphatic carbocycles. The summed E-state index contributed by atoms with van der Waals surface area (Å²) < 4.78 is 0. The van der Waals surface area contributed by atoms with E-state index in [-0.39, 0.29) is 0 Å². The lowest BCUT2D eigenvalue weighted by molar-refractivity contribution is 0.185. The first-order valence-electron chi connectivity index (χ1n) is 7.40. The summed E-state index contributed by atoms with van der Waals surface area (Å²) in [5.41, 5.74) is 1.30. The van der Waals surface area contributed by atoms with Gasteiger partial charge in [0, 0.05) is 12.6 Å². The summed E-state index contributed by atoms with van der Waals surface area (Å²) in [6.07, 6.45) is 3.74. The van der Waals surface area contributed by atoms with Crippen LogP contribution in [0.2, 0.25) is 0 Å². The maximum absolute atomic E-state index is 9.39. The molecule has 1 fully saturated rings. The van der Waals surface area contributed by atoms with Crippen molar-refractivity contribution in [3.63, 3.8) is 0 Å². The second kappa shape index (κ2) is 6.92. The molecule has 2 atom stereocenters. The molecule has 106 valence electrons. The topological polar surface area (TPSA) is 35.5 Å². The number of aromatic hydroxyl groups is 1. The predicted molar refractivity (Wildman–Crippen MR) is 79.4 cm³/mol. The van der Waals surface area contributed by atoms with Crippen molar-refractivity contribution in [3.8, 4) is 5.75 Å². The van der Waals surface area contributed by atoms with E-state index in [1.807, 2.05) is 12.1 Å². The van der Waals surface area contributed by atoms with Crippen molar-refractivity contribution in [3.05, 3.63) is 29.8 Å². The molecule has 2 rings (SSSR count). The van der Waals surface area contributed by atoms with Crippen molar-refractivity contribution in [2.24, 2.45) is 5.92 Å². The van der Waals surface area contributed by atoms with Gasteiger partial charge >= 0.3 is 0 Å². The summed E-state index contributed by atoms with van der Waals surface area (Å²) in [4.78, 5) is 2.46. The second-order valence-corrected chi connectivity index (χ2v) is 5.67. The molecule has 19 heavy (non-hydrogen) atoms. The van der Waals surface area contributed by atoms with Crippen molar-refractivity contribution in [1.29, 1.82) is 0 Å². The largest absolute Gasteiger partial charge is 0.508 e. The summed E-state index contributed by atoms with van der Waals surface area (Å²) in [5.74, 6) is 1.11. The highest BCUT2D eigenvalue weighted by Crippen LogP contribution is 2.26. The number of phenolic OH excluding ortho intramolecular Hbond substituents is 1. The average molecular weight is 262 g/mol. The Morgan fingerprint density at radius 1 is 1.37 bits per heavy atom. The molecule has 0 aromatic heterocycles. The molecular formula is C16H26N2O. The van der Waals surface area contributed by atoms with Crippen LogP contribution in [0.5, 0.6) is 5.75 Å². The lowest BCUT2D eigenvalue weighted by atomic mass is 9.96. The lowest BCUT2D eigenvalue weighted by Crippen LogP contribution is -2.38. The maximum Gasteiger partial charge on any atom is 0.115 e. The van der Waals surface area contributed by atoms with Gasteiger partial charge in [0.05, 0.1) is 0 Å². The Kier molecular flexibility index (Phi) is 5.23. The third kappa shape index (κ3) is 3.95. The standard InChI is InChI=1S/C16H26N2O/c1-3-16(14-6-8-15(19)9-7-14)18(2)12-13-5-4-10-17-11-13/h6-9,13,16-17,19H,3-5,10-12H2,1-2H3. The number of nitrogens with zero attached hydrogens (tertiary/aromatic N) is 1. The van der Waals surface area contributed by atoms with Gasteiger partial charge in [0.15, 0.2) is 0 Å². The van der Waals surface area contributed by atoms with Crippen molar-refractivity contribution in [1.82, 2.24) is 10.2 Å². The highest BCUT2D eigenvalue weighted by atomic mass is 16.3. The van der Waals surface area contributed by atoms with Crippen LogP contribution in [0.4, 0.5) is 0 Å². The fourth-order valence-electron chi connectivity index (χ4n) is 3.11. The Labute approximate surface area is 116 Å². The third-order valence-electron chi connectivity index (χ3n) is 4.14. The minimum atomic E-state index is 0.345. The van der Waals surface area contributed by atoms with Gasteiger partial charge in [-0.1, -0.05) is 19.1 Å². The Balaban J connectivity index is 1.97. The fourth-order valence-corrected chi connectivity index (χ4v) is 3.11. The Hall–Kier alpha value is -1.06. The van der Waals surface area contributed by atoms with Gasteiger partial charge in [0.1, 0.15) is 5.75 Å². The summed E-state index contributed by atoms with van der Waals surface area (Å²) in [6, 6.07) is 8.10. The molecule has 0 spiro atoms. The van der Waals surface area contributed by atoms with Gasteiger partial charge in [-0.05, 0) is 63.0 Å². The molecule has 0 radical (unpaired) electrons. The van der Waals surface area contributed by atoms with Crippen molar-refractivity contribution < 1.29 is 5.11 Å². The molecular weight excluding hydrogens is 236 g/mol. The number of benzene rings is 1. The molecule has 1 aromatic carbocycles. The van der Waals surface area contributed by atoms with E-state index in [2.05, 4.69) is 24.2 Å². The molecule has 2 N–H and O–H groups in total. The first-order valence-corrected chi connectivity index (χ1v) is 7.40. The molecule has 1 aliphatic heterocycles. The van der Waals surface area contributed by atoms with Crippen molar-refractivity contribution in [2.45, 2.75) is 32.2 Å². The molecule has 1 aliphatic rings. The van der Waals surface area contributed by atoms with Gasteiger partial charge in [-0.2, -0.15) is 0 Å². The zero-order valence-electron chi connectivity index (χ0n) is 12.1. The maximum atomic E-state index is 9.39. The van der Waals surface area contributed by atoms with Gasteiger partial charge in [-0.25, -0.2) is 0 Å². The normalized spacial score (nSPS) is 21.5. The average Bonchev–Trinajstić information content (AvgIpc) is 2.43. The Bertz CT molecular complexity index is 371. The minimum absolute atomic E-state index is 0.345. The molecule has 0 amide bonds. The summed E-state index contributed by atoms with van der Waals surface area (Å²) in [5, 5.41) is 12.9. The van der Waals surface area contributed by atoms with Crippen LogP contribution in [0.1, 0.15) is 37.8 Å². The van der Waals surface area contributed by atoms with E-state index in [4.69, 9.17) is 0 Å². The van der Waals surface area contributed by atoms with Crippen LogP contribution < -0.4 is 5.32 Å². The predicted octanol–water partition coefficient (Wildman–Crippen LogP) is 2.77. The van der Waals surface area contributed by atoms with Crippen molar-refractivity contribution >= 4 is 0 Å². The zero-order chi connectivity index (χ0) is 13.7. The van der Waals surface area contributed by atoms with E-state index < -0.39 is 0 Å². The molecule has 1 heterocycles. The number of nitrogens with one attached hydrogen (secondary N) is 1. The molecule has 1 aromatic rings. The molecule has 0 bridgehead atoms. The summed E-state index contributed by atoms with van der Waals surface area (Å²) in [7, 11) is 2.22. The van der Waals surface area contributed by atoms with E-state index >= 15 is 0 Å². The third-order valence-corrected chi connectivity index (χ3v) is 4.14. The monoisotopic (exact) mass is 262 g/mol. The van der Waals surface area contributed by atoms with Gasteiger partial charge in [0.25, 0.3) is 0 Å². The number of piperidine rings is 1. The van der Waals surface area contributed by atoms with E-state index in [1.165, 1.54) is 24.9 Å². The highest BCUT2D eigenvalue weighted by molar-refractivity contribution is 5.28. The van der Waals surface area contributed by atoms with Crippen molar-refractivity contribution in [2.75, 3.05) is 26.7 Å². The Morgan fingerprint density at radius 2 is 2.11 bits per heavy atom. The molecule has 3 nitrogen and oxygen atoms in total. The summed E-state index contributed by atoms with van der Waals surface area (Å²) in [6.45, 7) is 5.70. The number of rotatable bonds is 5. The van der Waals surface area contributed by atoms with Gasteiger partial charge in [-0.15, -0.1) is 0 Å². The highest BCUT2D eigenvalue weighted by Gasteiger charge is 2.20. The van der Waals surface area contributed by atoms with E-state index in [0.717, 1.165) is 25.4 Å². The molecule has 1 saturated heterocycles. The van der Waals surface area contributed by atoms with E-state index in [0.29, 0.717) is 11.8 Å². The van der Waals surface area contributed by atoms with Crippen LogP contribution in [0.15, 0.2) is 24.3 Å². The van der Waals surface area contributed by atoms with Crippen LogP contribution >= 0.6 is 0 Å². The first kappa shape index (κ1) is 14.4. The Morgan fingerprint density at radius 3 is 2.68 bits per heavy atom. The van der Waals surface area contributed by atoms with Crippen LogP contribution in [-0.2, 0) is 0 Å². The van der Waals surface area contributed by atoms with Gasteiger partial charge in [0.2, 0.25) is 0 Å². The number of phenols is 1. The van der Waals surface area contributed by atoms with Crippen LogP contribution in [0.3, 0.4) is 0 Å². The number of hydrogen-bond acceptors (Lipinski definition) is 3. The molecule has 2 unspecified atom stereocenters. The quantitative estimate of drug-likeness (QED) is 0.856. The lowest BCUT2D eigenvalue weighted by Gasteiger charge is -2.33. The number of hydrogen-bond donors (Lipinski definition) is 2. The smallest absolute Gasteiger partial charge is 0.115 e. The second-order valence-electron chi connectivity index (χ2n) is 5.67. The van der Waals surface area contributed by atoms with Crippen LogP contribution in [0.25, 0.3) is 0 Å². The summed E-state index contributed by atoms with van der Waals surface area (Å²) >= 11 is 0. The molecule has 0 saturated carbocycles. The van der Waals surface area contributed by atoms with E-state index in [1.54, 1.807) is 12.1 Å². The fraction of sp³-hybridized carbons (Fsp3) is 0.625. The van der Waals surface area contributed by atoms with Crippen LogP contribution in [-0.4, -0.2) is 36.7 Å². The van der Waals surface area contributed by atoms with Gasteiger partial charge in [-0.3, -0.25) is 4.90 Å².